The van der Waals surface area contributed by atoms with Crippen LogP contribution in [-0.4, -0.2) is 47.8 Å². The van der Waals surface area contributed by atoms with Crippen LogP contribution >= 0.6 is 0 Å². The first-order valence-electron chi connectivity index (χ1n) is 6.36. The van der Waals surface area contributed by atoms with Crippen molar-refractivity contribution in [3.63, 3.8) is 0 Å². The van der Waals surface area contributed by atoms with Crippen LogP contribution in [0.4, 0.5) is 0 Å². The van der Waals surface area contributed by atoms with Gasteiger partial charge < -0.3 is 14.7 Å². The molecular formula is C12H21NO3. The van der Waals surface area contributed by atoms with E-state index < -0.39 is 6.10 Å². The van der Waals surface area contributed by atoms with E-state index in [4.69, 9.17) is 9.84 Å². The number of morpholine rings is 1. The monoisotopic (exact) mass is 227 g/mol. The molecule has 2 fully saturated rings. The second kappa shape index (κ2) is 5.64. The lowest BCUT2D eigenvalue weighted by Gasteiger charge is -2.39. The lowest BCUT2D eigenvalue weighted by molar-refractivity contribution is -0.158. The Morgan fingerprint density at radius 1 is 1.31 bits per heavy atom. The van der Waals surface area contributed by atoms with Crippen molar-refractivity contribution in [1.82, 2.24) is 4.90 Å². The molecule has 4 heteroatoms. The van der Waals surface area contributed by atoms with Gasteiger partial charge in [-0.3, -0.25) is 4.79 Å². The van der Waals surface area contributed by atoms with Crippen LogP contribution < -0.4 is 0 Å². The maximum Gasteiger partial charge on any atom is 0.252 e. The molecule has 0 aromatic heterocycles. The van der Waals surface area contributed by atoms with Crippen LogP contribution in [0.2, 0.25) is 0 Å². The summed E-state index contributed by atoms with van der Waals surface area (Å²) >= 11 is 0. The Morgan fingerprint density at radius 2 is 2.06 bits per heavy atom. The molecule has 1 atom stereocenters. The Bertz CT molecular complexity index is 236. The first kappa shape index (κ1) is 11.9. The second-order valence-corrected chi connectivity index (χ2v) is 4.70. The number of hydrogen-bond acceptors (Lipinski definition) is 3. The van der Waals surface area contributed by atoms with E-state index in [2.05, 4.69) is 0 Å². The summed E-state index contributed by atoms with van der Waals surface area (Å²) in [6.07, 6.45) is 6.08. The lowest BCUT2D eigenvalue weighted by Crippen LogP contribution is -2.52. The molecule has 1 unspecified atom stereocenters. The van der Waals surface area contributed by atoms with Gasteiger partial charge in [0.05, 0.1) is 6.61 Å². The molecule has 1 saturated heterocycles. The molecule has 1 aliphatic carbocycles. The fraction of sp³-hybridized carbons (Fsp3) is 0.917. The minimum Gasteiger partial charge on any atom is -0.396 e. The third-order valence-electron chi connectivity index (χ3n) is 3.62. The number of carbonyl (C=O) groups excluding carboxylic acids is 1. The van der Waals surface area contributed by atoms with Crippen LogP contribution in [0.25, 0.3) is 0 Å². The normalized spacial score (nSPS) is 28.4. The Kier molecular flexibility index (Phi) is 4.18. The number of hydrogen-bond donors (Lipinski definition) is 1. The molecule has 0 bridgehead atoms. The molecule has 1 amide bonds. The molecule has 1 aliphatic heterocycles. The Hall–Kier alpha value is -0.610. The average molecular weight is 227 g/mol. The SMILES string of the molecule is O=C1C(CCO)OCCN1C1CCCCC1. The van der Waals surface area contributed by atoms with E-state index in [0.717, 1.165) is 19.4 Å². The second-order valence-electron chi connectivity index (χ2n) is 4.70. The van der Waals surface area contributed by atoms with Gasteiger partial charge in [-0.05, 0) is 12.8 Å². The van der Waals surface area contributed by atoms with Crippen LogP contribution in [-0.2, 0) is 9.53 Å². The van der Waals surface area contributed by atoms with E-state index in [1.807, 2.05) is 4.90 Å². The molecule has 0 aromatic rings. The number of aliphatic hydroxyl groups excluding tert-OH is 1. The van der Waals surface area contributed by atoms with Crippen molar-refractivity contribution >= 4 is 5.91 Å². The predicted molar refractivity (Wildman–Crippen MR) is 60.0 cm³/mol. The molecule has 1 saturated carbocycles. The highest BCUT2D eigenvalue weighted by Gasteiger charge is 2.33. The highest BCUT2D eigenvalue weighted by Crippen LogP contribution is 2.25. The van der Waals surface area contributed by atoms with Crippen molar-refractivity contribution in [1.29, 1.82) is 0 Å². The molecule has 2 rings (SSSR count). The summed E-state index contributed by atoms with van der Waals surface area (Å²) in [5.74, 6) is 0.0900. The van der Waals surface area contributed by atoms with Gasteiger partial charge in [0.25, 0.3) is 5.91 Å². The zero-order chi connectivity index (χ0) is 11.4. The summed E-state index contributed by atoms with van der Waals surface area (Å²) in [5.41, 5.74) is 0. The molecule has 1 heterocycles. The average Bonchev–Trinajstić information content (AvgIpc) is 2.33. The van der Waals surface area contributed by atoms with Gasteiger partial charge in [-0.15, -0.1) is 0 Å². The van der Waals surface area contributed by atoms with Crippen LogP contribution in [0.5, 0.6) is 0 Å². The van der Waals surface area contributed by atoms with Crippen LogP contribution in [0.15, 0.2) is 0 Å². The third-order valence-corrected chi connectivity index (χ3v) is 3.62. The fourth-order valence-corrected chi connectivity index (χ4v) is 2.74. The molecule has 1 N–H and O–H groups in total. The third kappa shape index (κ3) is 2.55. The minimum absolute atomic E-state index is 0.0227. The molecule has 2 aliphatic rings. The topological polar surface area (TPSA) is 49.8 Å². The van der Waals surface area contributed by atoms with Gasteiger partial charge in [-0.1, -0.05) is 19.3 Å². The van der Waals surface area contributed by atoms with E-state index in [1.54, 1.807) is 0 Å². The van der Waals surface area contributed by atoms with Gasteiger partial charge in [0.2, 0.25) is 0 Å². The molecule has 4 nitrogen and oxygen atoms in total. The van der Waals surface area contributed by atoms with Gasteiger partial charge in [-0.25, -0.2) is 0 Å². The molecule has 0 radical (unpaired) electrons. The maximum atomic E-state index is 12.1. The minimum atomic E-state index is -0.402. The van der Waals surface area contributed by atoms with Gasteiger partial charge >= 0.3 is 0 Å². The number of amides is 1. The number of carbonyl (C=O) groups is 1. The number of aliphatic hydroxyl groups is 1. The molecule has 0 spiro atoms. The van der Waals surface area contributed by atoms with Gasteiger partial charge in [0, 0.05) is 25.6 Å². The summed E-state index contributed by atoms with van der Waals surface area (Å²) in [6.45, 7) is 1.37. The summed E-state index contributed by atoms with van der Waals surface area (Å²) in [4.78, 5) is 14.1. The van der Waals surface area contributed by atoms with Crippen molar-refractivity contribution in [3.05, 3.63) is 0 Å². The van der Waals surface area contributed by atoms with Crippen molar-refractivity contribution in [2.45, 2.75) is 50.7 Å². The van der Waals surface area contributed by atoms with Crippen molar-refractivity contribution < 1.29 is 14.6 Å². The smallest absolute Gasteiger partial charge is 0.252 e. The van der Waals surface area contributed by atoms with Crippen LogP contribution in [0.3, 0.4) is 0 Å². The van der Waals surface area contributed by atoms with Crippen molar-refractivity contribution in [2.75, 3.05) is 19.8 Å². The molecule has 0 aromatic carbocycles. The first-order valence-corrected chi connectivity index (χ1v) is 6.36. The van der Waals surface area contributed by atoms with E-state index in [9.17, 15) is 4.79 Å². The van der Waals surface area contributed by atoms with Gasteiger partial charge in [0.1, 0.15) is 6.10 Å². The van der Waals surface area contributed by atoms with Crippen LogP contribution in [0.1, 0.15) is 38.5 Å². The zero-order valence-electron chi connectivity index (χ0n) is 9.73. The first-order chi connectivity index (χ1) is 7.83. The van der Waals surface area contributed by atoms with E-state index in [1.165, 1.54) is 19.3 Å². The van der Waals surface area contributed by atoms with Crippen molar-refractivity contribution in [3.8, 4) is 0 Å². The summed E-state index contributed by atoms with van der Waals surface area (Å²) in [5, 5.41) is 8.88. The number of ether oxygens (including phenoxy) is 1. The molecular weight excluding hydrogens is 206 g/mol. The summed E-state index contributed by atoms with van der Waals surface area (Å²) in [7, 11) is 0. The fourth-order valence-electron chi connectivity index (χ4n) is 2.74. The Balaban J connectivity index is 1.94. The van der Waals surface area contributed by atoms with E-state index in [-0.39, 0.29) is 12.5 Å². The van der Waals surface area contributed by atoms with Crippen LogP contribution in [0, 0.1) is 0 Å². The zero-order valence-corrected chi connectivity index (χ0v) is 9.73. The van der Waals surface area contributed by atoms with Gasteiger partial charge in [-0.2, -0.15) is 0 Å². The number of nitrogens with zero attached hydrogens (tertiary/aromatic N) is 1. The van der Waals surface area contributed by atoms with E-state index in [0.29, 0.717) is 19.1 Å². The van der Waals surface area contributed by atoms with Crippen molar-refractivity contribution in [2.24, 2.45) is 0 Å². The van der Waals surface area contributed by atoms with E-state index >= 15 is 0 Å². The number of rotatable bonds is 3. The maximum absolute atomic E-state index is 12.1. The quantitative estimate of drug-likeness (QED) is 0.780. The highest BCUT2D eigenvalue weighted by molar-refractivity contribution is 5.81. The molecule has 16 heavy (non-hydrogen) atoms. The highest BCUT2D eigenvalue weighted by atomic mass is 16.5. The predicted octanol–water partition coefficient (Wildman–Crippen LogP) is 0.929. The molecule has 92 valence electrons. The lowest BCUT2D eigenvalue weighted by atomic mass is 9.93. The Morgan fingerprint density at radius 3 is 2.75 bits per heavy atom. The largest absolute Gasteiger partial charge is 0.396 e. The summed E-state index contributed by atoms with van der Waals surface area (Å²) < 4.78 is 5.40. The Labute approximate surface area is 96.6 Å². The standard InChI is InChI=1S/C12H21NO3/c14-8-6-11-12(15)13(7-9-16-11)10-4-2-1-3-5-10/h10-11,14H,1-9H2. The van der Waals surface area contributed by atoms with Gasteiger partial charge in [0.15, 0.2) is 0 Å². The summed E-state index contributed by atoms with van der Waals surface area (Å²) in [6, 6.07) is 0.423.